The minimum absolute atomic E-state index is 0.0798. The molecule has 3 nitrogen and oxygen atoms in total. The molecule has 1 unspecified atom stereocenters. The standard InChI is InChI=1S/C14H27NO2/c1-4-10-15-14(2,11-13(16)17-3)12-8-6-5-7-9-12/h12,15H,4-11H2,1-3H3. The van der Waals surface area contributed by atoms with Crippen molar-refractivity contribution in [1.29, 1.82) is 0 Å². The molecule has 0 aromatic heterocycles. The van der Waals surface area contributed by atoms with Crippen LogP contribution in [0.5, 0.6) is 0 Å². The van der Waals surface area contributed by atoms with Crippen LogP contribution in [0, 0.1) is 5.92 Å². The van der Waals surface area contributed by atoms with Crippen LogP contribution < -0.4 is 5.32 Å². The van der Waals surface area contributed by atoms with Gasteiger partial charge in [0, 0.05) is 5.54 Å². The number of esters is 1. The quantitative estimate of drug-likeness (QED) is 0.727. The van der Waals surface area contributed by atoms with E-state index < -0.39 is 0 Å². The van der Waals surface area contributed by atoms with Crippen LogP contribution in [0.2, 0.25) is 0 Å². The molecular weight excluding hydrogens is 214 g/mol. The highest BCUT2D eigenvalue weighted by Gasteiger charge is 2.36. The van der Waals surface area contributed by atoms with Gasteiger partial charge in [-0.15, -0.1) is 0 Å². The van der Waals surface area contributed by atoms with Gasteiger partial charge in [0.15, 0.2) is 0 Å². The number of hydrogen-bond acceptors (Lipinski definition) is 3. The van der Waals surface area contributed by atoms with Crippen molar-refractivity contribution in [2.75, 3.05) is 13.7 Å². The largest absolute Gasteiger partial charge is 0.469 e. The minimum atomic E-state index is -0.0957. The molecule has 1 atom stereocenters. The van der Waals surface area contributed by atoms with Crippen molar-refractivity contribution in [3.05, 3.63) is 0 Å². The van der Waals surface area contributed by atoms with E-state index in [1.807, 2.05) is 0 Å². The van der Waals surface area contributed by atoms with Gasteiger partial charge in [-0.3, -0.25) is 4.79 Å². The molecule has 1 saturated carbocycles. The number of nitrogens with one attached hydrogen (secondary N) is 1. The van der Waals surface area contributed by atoms with Crippen LogP contribution in [0.15, 0.2) is 0 Å². The van der Waals surface area contributed by atoms with Crippen molar-refractivity contribution >= 4 is 5.97 Å². The minimum Gasteiger partial charge on any atom is -0.469 e. The van der Waals surface area contributed by atoms with E-state index in [0.717, 1.165) is 13.0 Å². The Balaban J connectivity index is 2.64. The predicted octanol–water partition coefficient (Wildman–Crippen LogP) is 2.89. The fourth-order valence-electron chi connectivity index (χ4n) is 2.87. The Morgan fingerprint density at radius 2 is 2.00 bits per heavy atom. The van der Waals surface area contributed by atoms with Gasteiger partial charge in [0.05, 0.1) is 13.5 Å². The smallest absolute Gasteiger partial charge is 0.307 e. The van der Waals surface area contributed by atoms with Gasteiger partial charge in [0.2, 0.25) is 0 Å². The summed E-state index contributed by atoms with van der Waals surface area (Å²) in [5.41, 5.74) is -0.0798. The van der Waals surface area contributed by atoms with Crippen LogP contribution in [-0.2, 0) is 9.53 Å². The third kappa shape index (κ3) is 4.30. The molecule has 1 N–H and O–H groups in total. The number of methoxy groups -OCH3 is 1. The summed E-state index contributed by atoms with van der Waals surface area (Å²) in [6.07, 6.45) is 8.02. The van der Waals surface area contributed by atoms with E-state index in [0.29, 0.717) is 12.3 Å². The maximum atomic E-state index is 11.6. The van der Waals surface area contributed by atoms with Crippen LogP contribution in [0.3, 0.4) is 0 Å². The first kappa shape index (κ1) is 14.5. The van der Waals surface area contributed by atoms with E-state index >= 15 is 0 Å². The Hall–Kier alpha value is -0.570. The summed E-state index contributed by atoms with van der Waals surface area (Å²) in [5.74, 6) is 0.517. The molecule has 0 aromatic rings. The summed E-state index contributed by atoms with van der Waals surface area (Å²) in [6, 6.07) is 0. The summed E-state index contributed by atoms with van der Waals surface area (Å²) in [5, 5.41) is 3.58. The van der Waals surface area contributed by atoms with E-state index in [9.17, 15) is 4.79 Å². The predicted molar refractivity (Wildman–Crippen MR) is 69.9 cm³/mol. The highest BCUT2D eigenvalue weighted by Crippen LogP contribution is 2.34. The van der Waals surface area contributed by atoms with Gasteiger partial charge >= 0.3 is 5.97 Å². The molecule has 0 bridgehead atoms. The van der Waals surface area contributed by atoms with Crippen LogP contribution in [0.4, 0.5) is 0 Å². The zero-order valence-corrected chi connectivity index (χ0v) is 11.6. The number of rotatable bonds is 6. The summed E-state index contributed by atoms with van der Waals surface area (Å²) < 4.78 is 4.84. The SMILES string of the molecule is CCCNC(C)(CC(=O)OC)C1CCCCC1. The van der Waals surface area contributed by atoms with Crippen LogP contribution in [-0.4, -0.2) is 25.2 Å². The van der Waals surface area contributed by atoms with Crippen molar-refractivity contribution in [2.45, 2.75) is 64.3 Å². The van der Waals surface area contributed by atoms with Crippen molar-refractivity contribution in [1.82, 2.24) is 5.32 Å². The number of carbonyl (C=O) groups excluding carboxylic acids is 1. The Morgan fingerprint density at radius 3 is 2.53 bits per heavy atom. The van der Waals surface area contributed by atoms with Gasteiger partial charge in [-0.2, -0.15) is 0 Å². The molecule has 1 aliphatic rings. The maximum absolute atomic E-state index is 11.6. The molecule has 3 heteroatoms. The van der Waals surface area contributed by atoms with Crippen LogP contribution >= 0.6 is 0 Å². The van der Waals surface area contributed by atoms with Crippen LogP contribution in [0.25, 0.3) is 0 Å². The fourth-order valence-corrected chi connectivity index (χ4v) is 2.87. The van der Waals surface area contributed by atoms with Gasteiger partial charge in [-0.1, -0.05) is 26.2 Å². The summed E-state index contributed by atoms with van der Waals surface area (Å²) in [4.78, 5) is 11.6. The van der Waals surface area contributed by atoms with E-state index in [2.05, 4.69) is 19.2 Å². The summed E-state index contributed by atoms with van der Waals surface area (Å²) in [7, 11) is 1.48. The highest BCUT2D eigenvalue weighted by atomic mass is 16.5. The van der Waals surface area contributed by atoms with Crippen molar-refractivity contribution in [2.24, 2.45) is 5.92 Å². The zero-order valence-electron chi connectivity index (χ0n) is 11.6. The zero-order chi connectivity index (χ0) is 12.7. The number of hydrogen-bond donors (Lipinski definition) is 1. The first-order valence-electron chi connectivity index (χ1n) is 6.94. The first-order chi connectivity index (χ1) is 8.12. The molecule has 0 saturated heterocycles. The molecule has 1 fully saturated rings. The monoisotopic (exact) mass is 241 g/mol. The van der Waals surface area contributed by atoms with Crippen molar-refractivity contribution < 1.29 is 9.53 Å². The van der Waals surface area contributed by atoms with E-state index in [-0.39, 0.29) is 11.5 Å². The normalized spacial score (nSPS) is 20.9. The molecule has 0 aliphatic heterocycles. The second-order valence-electron chi connectivity index (χ2n) is 5.43. The lowest BCUT2D eigenvalue weighted by Gasteiger charge is -2.40. The molecule has 0 radical (unpaired) electrons. The molecule has 1 rings (SSSR count). The summed E-state index contributed by atoms with van der Waals surface area (Å²) >= 11 is 0. The van der Waals surface area contributed by atoms with Gasteiger partial charge in [-0.25, -0.2) is 0 Å². The molecular formula is C14H27NO2. The van der Waals surface area contributed by atoms with Gasteiger partial charge < -0.3 is 10.1 Å². The fraction of sp³-hybridized carbons (Fsp3) is 0.929. The molecule has 0 amide bonds. The lowest BCUT2D eigenvalue weighted by atomic mass is 9.74. The summed E-state index contributed by atoms with van der Waals surface area (Å²) in [6.45, 7) is 5.33. The van der Waals surface area contributed by atoms with Crippen LogP contribution in [0.1, 0.15) is 58.8 Å². The average molecular weight is 241 g/mol. The molecule has 0 aromatic carbocycles. The Labute approximate surface area is 105 Å². The van der Waals surface area contributed by atoms with Gasteiger partial charge in [0.25, 0.3) is 0 Å². The van der Waals surface area contributed by atoms with Gasteiger partial charge in [-0.05, 0) is 38.6 Å². The van der Waals surface area contributed by atoms with Crippen molar-refractivity contribution in [3.63, 3.8) is 0 Å². The lowest BCUT2D eigenvalue weighted by Crippen LogP contribution is -2.51. The Kier molecular flexibility index (Phi) is 5.96. The van der Waals surface area contributed by atoms with Crippen molar-refractivity contribution in [3.8, 4) is 0 Å². The molecule has 1 aliphatic carbocycles. The Bertz CT molecular complexity index is 236. The second-order valence-corrected chi connectivity index (χ2v) is 5.43. The third-order valence-electron chi connectivity index (χ3n) is 4.02. The van der Waals surface area contributed by atoms with E-state index in [1.54, 1.807) is 0 Å². The highest BCUT2D eigenvalue weighted by molar-refractivity contribution is 5.70. The number of ether oxygens (including phenoxy) is 1. The van der Waals surface area contributed by atoms with E-state index in [4.69, 9.17) is 4.74 Å². The molecule has 17 heavy (non-hydrogen) atoms. The maximum Gasteiger partial charge on any atom is 0.307 e. The topological polar surface area (TPSA) is 38.3 Å². The first-order valence-corrected chi connectivity index (χ1v) is 6.94. The third-order valence-corrected chi connectivity index (χ3v) is 4.02. The second kappa shape index (κ2) is 7.00. The molecule has 100 valence electrons. The average Bonchev–Trinajstić information content (AvgIpc) is 2.37. The number of carbonyl (C=O) groups is 1. The van der Waals surface area contributed by atoms with Gasteiger partial charge in [0.1, 0.15) is 0 Å². The molecule has 0 spiro atoms. The van der Waals surface area contributed by atoms with E-state index in [1.165, 1.54) is 39.2 Å². The Morgan fingerprint density at radius 1 is 1.35 bits per heavy atom. The lowest BCUT2D eigenvalue weighted by molar-refractivity contribution is -0.143. The molecule has 0 heterocycles.